The molecule has 4 aliphatic heterocycles. The molecule has 468 valence electrons. The summed E-state index contributed by atoms with van der Waals surface area (Å²) in [5, 5.41) is 29.9. The van der Waals surface area contributed by atoms with Crippen LogP contribution >= 0.6 is 0 Å². The zero-order valence-electron chi connectivity index (χ0n) is 50.9. The van der Waals surface area contributed by atoms with Gasteiger partial charge in [0.25, 0.3) is 0 Å². The van der Waals surface area contributed by atoms with Crippen molar-refractivity contribution < 1.29 is 216 Å². The summed E-state index contributed by atoms with van der Waals surface area (Å²) in [6.07, 6.45) is 0. The van der Waals surface area contributed by atoms with Crippen molar-refractivity contribution in [1.82, 2.24) is 79.7 Å². The van der Waals surface area contributed by atoms with Crippen molar-refractivity contribution in [3.8, 4) is 91.1 Å². The minimum absolute atomic E-state index is 0. The maximum atomic E-state index is 12.2. The van der Waals surface area contributed by atoms with Gasteiger partial charge < -0.3 is 139 Å². The Labute approximate surface area is 673 Å². The number of carbonyl (C=O) groups is 2. The molecule has 4 N–H and O–H groups in total. The van der Waals surface area contributed by atoms with Crippen LogP contribution in [0.15, 0.2) is 182 Å². The molecule has 0 amide bonds. The van der Waals surface area contributed by atoms with Crippen LogP contribution in [0.3, 0.4) is 0 Å². The number of carbonyl (C=O) groups excluding carboxylic acids is 2. The van der Waals surface area contributed by atoms with Crippen LogP contribution in [0.5, 0.6) is 0 Å². The molecule has 33 heteroatoms. The average molecular weight is 1730 g/mol. The number of aromatic nitrogens is 16. The summed E-state index contributed by atoms with van der Waals surface area (Å²) in [5.41, 5.74) is 10.2. The molecule has 0 saturated heterocycles. The first-order valence-electron chi connectivity index (χ1n) is 27.1. The van der Waals surface area contributed by atoms with Gasteiger partial charge in [-0.2, -0.15) is 0 Å². The molecule has 14 aromatic rings. The van der Waals surface area contributed by atoms with Crippen molar-refractivity contribution in [3.63, 3.8) is 0 Å². The van der Waals surface area contributed by atoms with Gasteiger partial charge in [0.2, 0.25) is 0 Å². The number of rotatable bonds is 2. The van der Waals surface area contributed by atoms with Crippen LogP contribution in [0.25, 0.3) is 179 Å². The molecule has 0 unspecified atom stereocenters. The minimum Gasteiger partial charge on any atom is -1.00 e. The van der Waals surface area contributed by atoms with Gasteiger partial charge in [0.15, 0.2) is 46.6 Å². The Balaban J connectivity index is 0.000000372. The van der Waals surface area contributed by atoms with E-state index in [0.717, 1.165) is 66.1 Å². The predicted molar refractivity (Wildman–Crippen MR) is 321 cm³/mol. The molecule has 8 aromatic carbocycles. The first-order valence-corrected chi connectivity index (χ1v) is 27.1. The molecule has 0 saturated carbocycles. The molecule has 0 fully saturated rings. The second-order valence-corrected chi connectivity index (χ2v) is 20.5. The maximum absolute atomic E-state index is 12.2. The summed E-state index contributed by atoms with van der Waals surface area (Å²) in [5.74, 6) is 0.965. The normalized spacial score (nSPS) is 10.3. The Morgan fingerprint density at radius 2 is 0.394 bits per heavy atom. The fourth-order valence-corrected chi connectivity index (χ4v) is 11.7. The molecular formula is C66H34Cl8N16O4Zn5. The number of hydrogen-bond donors (Lipinski definition) is 4. The van der Waals surface area contributed by atoms with E-state index < -0.39 is 11.9 Å². The predicted octanol–water partition coefficient (Wildman–Crippen LogP) is -13.5. The number of aromatic amines is 4. The molecule has 0 atom stereocenters. The molecular weight excluding hydrogens is 1690 g/mol. The quantitative estimate of drug-likeness (QED) is 0.117. The first-order chi connectivity index (χ1) is 42.2. The van der Waals surface area contributed by atoms with E-state index in [-0.39, 0.29) is 208 Å². The molecule has 18 rings (SSSR count). The Bertz CT molecular complexity index is 5430. The first kappa shape index (κ1) is 84.3. The Hall–Kier alpha value is -7.14. The topological polar surface area (TPSA) is 298 Å². The SMILES string of the molecule is O=C([O-])c1cccc2c3nc4nc(nc5[nH]c(nc6nc(nc([nH]3)c12)-c1ccccc1-6)c1ccccc51)-c1ccccc1-4.O=C([O-])c1cccc2c3nc4nc(nc5[nH]c(nc6nc(nc([nH]3)c12)-c1ccccc1-6)c1ccccc51)-c1ccccc1-4.[Cl-].[Cl-].[Cl-].[Cl-].[Cl-].[Cl-].[Cl-].[Cl-].[Zn+2].[Zn+2].[Zn+2].[Zn+2].[Zn+2]. The third-order valence-electron chi connectivity index (χ3n) is 15.6. The van der Waals surface area contributed by atoms with Gasteiger partial charge in [-0.05, 0) is 0 Å². The second-order valence-electron chi connectivity index (χ2n) is 20.5. The zero-order chi connectivity index (χ0) is 57.3. The van der Waals surface area contributed by atoms with Crippen LogP contribution < -0.4 is 109 Å². The van der Waals surface area contributed by atoms with Crippen molar-refractivity contribution in [1.29, 1.82) is 0 Å². The van der Waals surface area contributed by atoms with E-state index >= 15 is 0 Å². The van der Waals surface area contributed by atoms with Crippen LogP contribution in [0.2, 0.25) is 0 Å². The summed E-state index contributed by atoms with van der Waals surface area (Å²) in [4.78, 5) is 96.4. The van der Waals surface area contributed by atoms with Gasteiger partial charge in [-0.3, -0.25) is 0 Å². The molecule has 10 heterocycles. The van der Waals surface area contributed by atoms with Crippen LogP contribution in [-0.2, 0) is 97.4 Å². The van der Waals surface area contributed by atoms with Crippen LogP contribution in [0.4, 0.5) is 0 Å². The summed E-state index contributed by atoms with van der Waals surface area (Å²) in [6.45, 7) is 0. The monoisotopic (exact) mass is 1710 g/mol. The number of nitrogens with zero attached hydrogens (tertiary/aromatic N) is 12. The molecule has 20 nitrogen and oxygen atoms in total. The Morgan fingerprint density at radius 1 is 0.222 bits per heavy atom. The van der Waals surface area contributed by atoms with Crippen molar-refractivity contribution in [2.75, 3.05) is 0 Å². The van der Waals surface area contributed by atoms with E-state index in [4.69, 9.17) is 59.8 Å². The molecule has 99 heavy (non-hydrogen) atoms. The third kappa shape index (κ3) is 14.4. The number of halogens is 8. The van der Waals surface area contributed by atoms with Crippen molar-refractivity contribution in [3.05, 3.63) is 193 Å². The van der Waals surface area contributed by atoms with E-state index in [1.165, 1.54) is 12.1 Å². The summed E-state index contributed by atoms with van der Waals surface area (Å²) in [6, 6.07) is 56.5. The number of benzene rings is 8. The Morgan fingerprint density at radius 3 is 0.606 bits per heavy atom. The number of fused-ring (bicyclic) bond motifs is 40. The fourth-order valence-electron chi connectivity index (χ4n) is 11.7. The van der Waals surface area contributed by atoms with Crippen LogP contribution in [0.1, 0.15) is 20.7 Å². The summed E-state index contributed by atoms with van der Waals surface area (Å²) < 4.78 is 0. The molecule has 0 aliphatic carbocycles. The number of nitrogens with one attached hydrogen (secondary N) is 4. The largest absolute Gasteiger partial charge is 2.00 e. The second kappa shape index (κ2) is 34.0. The van der Waals surface area contributed by atoms with E-state index in [9.17, 15) is 19.8 Å². The van der Waals surface area contributed by atoms with Gasteiger partial charge >= 0.3 is 97.4 Å². The standard InChI is InChI=1S/2C33H18N8O2.8ClH.5Zn/c2*42-33(43)23-15-7-14-22-24(23)32-40-30-21-13-6-5-12-20(21)28(38-30)36-26-17-9-2-1-8-16(17)25(34-26)35-27-18-10-3-4-11-19(18)29(37-27)39-31(22)41-32;;;;;;;;;;;;;/h2*1-15H,(H,42,43)(H2,34,35,36,37,38,39,40,41);8*1H;;;;;/q;;;;;;;;;;5*+2/p-10. The van der Waals surface area contributed by atoms with Gasteiger partial charge in [0.05, 0.1) is 11.9 Å². The number of carboxylic acid groups (broad SMARTS) is 2. The van der Waals surface area contributed by atoms with E-state index in [1.54, 1.807) is 24.3 Å². The number of aromatic carboxylic acids is 2. The van der Waals surface area contributed by atoms with Crippen LogP contribution in [-0.4, -0.2) is 91.7 Å². The van der Waals surface area contributed by atoms with Gasteiger partial charge in [-0.25, -0.2) is 59.8 Å². The molecule has 4 aliphatic rings. The Kier molecular flexibility index (Phi) is 29.0. The van der Waals surface area contributed by atoms with E-state index in [2.05, 4.69) is 19.9 Å². The minimum atomic E-state index is -1.32. The fraction of sp³-hybridized carbons (Fsp3) is 0. The third-order valence-corrected chi connectivity index (χ3v) is 15.6. The molecule has 0 spiro atoms. The molecule has 16 bridgehead atoms. The smallest absolute Gasteiger partial charge is 1.00 e. The van der Waals surface area contributed by atoms with Crippen molar-refractivity contribution in [2.24, 2.45) is 0 Å². The van der Waals surface area contributed by atoms with Crippen molar-refractivity contribution >= 4 is 100 Å². The van der Waals surface area contributed by atoms with Gasteiger partial charge in [0, 0.05) is 98.7 Å². The van der Waals surface area contributed by atoms with Gasteiger partial charge in [-0.15, -0.1) is 0 Å². The maximum Gasteiger partial charge on any atom is 2.00 e. The van der Waals surface area contributed by atoms with Gasteiger partial charge in [-0.1, -0.05) is 182 Å². The number of H-pyrrole nitrogens is 4. The summed E-state index contributed by atoms with van der Waals surface area (Å²) >= 11 is 0. The van der Waals surface area contributed by atoms with Gasteiger partial charge in [0.1, 0.15) is 45.2 Å². The molecule has 0 radical (unpaired) electrons. The zero-order valence-corrected chi connectivity index (χ0v) is 71.8. The van der Waals surface area contributed by atoms with Crippen LogP contribution in [0, 0.1) is 0 Å². The number of carboxylic acids is 2. The van der Waals surface area contributed by atoms with E-state index in [1.807, 2.05) is 146 Å². The van der Waals surface area contributed by atoms with Crippen molar-refractivity contribution in [2.45, 2.75) is 0 Å². The van der Waals surface area contributed by atoms with E-state index in [0.29, 0.717) is 113 Å². The summed E-state index contributed by atoms with van der Waals surface area (Å²) in [7, 11) is 0. The molecule has 6 aromatic heterocycles. The average Bonchev–Trinajstić information content (AvgIpc) is 1.61. The number of hydrogen-bond acceptors (Lipinski definition) is 16.